The van der Waals surface area contributed by atoms with E-state index >= 15 is 0 Å². The molecule has 0 radical (unpaired) electrons. The highest BCUT2D eigenvalue weighted by Gasteiger charge is 2.16. The Kier molecular flexibility index (Phi) is 5.21. The molecule has 2 aromatic carbocycles. The Morgan fingerprint density at radius 3 is 2.45 bits per heavy atom. The first-order valence-electron chi connectivity index (χ1n) is 6.34. The molecule has 7 heteroatoms. The maximum absolute atomic E-state index is 11.0. The summed E-state index contributed by atoms with van der Waals surface area (Å²) in [6.07, 6.45) is 0. The van der Waals surface area contributed by atoms with Crippen molar-refractivity contribution >= 4 is 21.6 Å². The number of halogens is 1. The van der Waals surface area contributed by atoms with Gasteiger partial charge < -0.3 is 14.2 Å². The molecule has 0 fully saturated rings. The van der Waals surface area contributed by atoms with Crippen LogP contribution in [-0.2, 0) is 6.61 Å². The number of hydrogen-bond acceptors (Lipinski definition) is 5. The zero-order valence-corrected chi connectivity index (χ0v) is 13.6. The van der Waals surface area contributed by atoms with Crippen molar-refractivity contribution < 1.29 is 19.1 Å². The third-order valence-electron chi connectivity index (χ3n) is 3.01. The fraction of sp³-hybridized carbons (Fsp3) is 0.200. The summed E-state index contributed by atoms with van der Waals surface area (Å²) in [5, 5.41) is 11.0. The fourth-order valence-corrected chi connectivity index (χ4v) is 2.53. The summed E-state index contributed by atoms with van der Waals surface area (Å²) in [5.74, 6) is 1.35. The summed E-state index contributed by atoms with van der Waals surface area (Å²) in [6.45, 7) is 0.159. The van der Waals surface area contributed by atoms with Crippen LogP contribution in [-0.4, -0.2) is 19.1 Å². The van der Waals surface area contributed by atoms with Crippen LogP contribution < -0.4 is 14.2 Å². The first-order chi connectivity index (χ1) is 10.6. The van der Waals surface area contributed by atoms with Crippen LogP contribution in [0.1, 0.15) is 5.56 Å². The minimum absolute atomic E-state index is 0.0703. The molecule has 0 bridgehead atoms. The highest BCUT2D eigenvalue weighted by atomic mass is 79.9. The molecule has 0 amide bonds. The summed E-state index contributed by atoms with van der Waals surface area (Å²) in [7, 11) is 3.09. The molecule has 0 saturated heterocycles. The molecule has 6 nitrogen and oxygen atoms in total. The molecule has 0 heterocycles. The van der Waals surface area contributed by atoms with Crippen molar-refractivity contribution in [3.63, 3.8) is 0 Å². The normalized spacial score (nSPS) is 10.1. The molecule has 0 aliphatic heterocycles. The van der Waals surface area contributed by atoms with Gasteiger partial charge in [0, 0.05) is 11.6 Å². The van der Waals surface area contributed by atoms with Crippen LogP contribution in [0.25, 0.3) is 0 Å². The van der Waals surface area contributed by atoms with E-state index in [1.165, 1.54) is 13.2 Å². The SMILES string of the molecule is COc1ccc(COc2ccccc2[N+](=O)[O-])c(Br)c1OC. The van der Waals surface area contributed by atoms with Crippen molar-refractivity contribution in [2.24, 2.45) is 0 Å². The Labute approximate surface area is 135 Å². The van der Waals surface area contributed by atoms with Gasteiger partial charge in [0.1, 0.15) is 6.61 Å². The number of nitro groups is 1. The van der Waals surface area contributed by atoms with Gasteiger partial charge in [-0.3, -0.25) is 10.1 Å². The third-order valence-corrected chi connectivity index (χ3v) is 3.88. The monoisotopic (exact) mass is 367 g/mol. The molecule has 22 heavy (non-hydrogen) atoms. The Hall–Kier alpha value is -2.28. The quantitative estimate of drug-likeness (QED) is 0.570. The topological polar surface area (TPSA) is 70.8 Å². The van der Waals surface area contributed by atoms with Gasteiger partial charge in [-0.05, 0) is 28.1 Å². The van der Waals surface area contributed by atoms with E-state index in [0.29, 0.717) is 16.0 Å². The Balaban J connectivity index is 2.24. The number of ether oxygens (including phenoxy) is 3. The van der Waals surface area contributed by atoms with Gasteiger partial charge in [0.15, 0.2) is 17.2 Å². The van der Waals surface area contributed by atoms with Crippen molar-refractivity contribution in [1.29, 1.82) is 0 Å². The highest BCUT2D eigenvalue weighted by molar-refractivity contribution is 9.10. The maximum Gasteiger partial charge on any atom is 0.310 e. The van der Waals surface area contributed by atoms with Crippen molar-refractivity contribution in [3.8, 4) is 17.2 Å². The molecule has 0 saturated carbocycles. The van der Waals surface area contributed by atoms with E-state index in [1.807, 2.05) is 0 Å². The van der Waals surface area contributed by atoms with Gasteiger partial charge in [0.2, 0.25) is 0 Å². The van der Waals surface area contributed by atoms with Crippen LogP contribution in [0.15, 0.2) is 40.9 Å². The molecule has 2 aromatic rings. The molecule has 0 aromatic heterocycles. The van der Waals surface area contributed by atoms with Crippen LogP contribution >= 0.6 is 15.9 Å². The van der Waals surface area contributed by atoms with E-state index in [0.717, 1.165) is 5.56 Å². The molecule has 0 aliphatic rings. The average Bonchev–Trinajstić information content (AvgIpc) is 2.53. The standard InChI is InChI=1S/C15H14BrNO5/c1-20-13-8-7-10(14(16)15(13)21-2)9-22-12-6-4-3-5-11(12)17(18)19/h3-8H,9H2,1-2H3. The number of para-hydroxylation sites is 2. The van der Waals surface area contributed by atoms with Gasteiger partial charge in [-0.25, -0.2) is 0 Å². The van der Waals surface area contributed by atoms with E-state index < -0.39 is 4.92 Å². The molecule has 2 rings (SSSR count). The fourth-order valence-electron chi connectivity index (χ4n) is 1.93. The lowest BCUT2D eigenvalue weighted by atomic mass is 10.2. The molecule has 0 aliphatic carbocycles. The minimum Gasteiger partial charge on any atom is -0.493 e. The Morgan fingerprint density at radius 2 is 1.82 bits per heavy atom. The summed E-state index contributed by atoms with van der Waals surface area (Å²) in [4.78, 5) is 10.5. The largest absolute Gasteiger partial charge is 0.493 e. The molecular weight excluding hydrogens is 354 g/mol. The second-order valence-corrected chi connectivity index (χ2v) is 5.08. The number of nitrogens with zero attached hydrogens (tertiary/aromatic N) is 1. The first kappa shape index (κ1) is 16.1. The van der Waals surface area contributed by atoms with Crippen LogP contribution in [0.3, 0.4) is 0 Å². The van der Waals surface area contributed by atoms with Crippen LogP contribution in [0.2, 0.25) is 0 Å². The number of benzene rings is 2. The number of rotatable bonds is 6. The van der Waals surface area contributed by atoms with Crippen LogP contribution in [0, 0.1) is 10.1 Å². The second kappa shape index (κ2) is 7.13. The van der Waals surface area contributed by atoms with Gasteiger partial charge in [-0.1, -0.05) is 18.2 Å². The zero-order chi connectivity index (χ0) is 16.1. The Bertz CT molecular complexity index is 690. The molecule has 0 unspecified atom stereocenters. The Morgan fingerprint density at radius 1 is 1.09 bits per heavy atom. The van der Waals surface area contributed by atoms with Gasteiger partial charge in [0.05, 0.1) is 23.6 Å². The summed E-state index contributed by atoms with van der Waals surface area (Å²) >= 11 is 3.44. The number of nitro benzene ring substituents is 1. The lowest BCUT2D eigenvalue weighted by Crippen LogP contribution is -2.01. The first-order valence-corrected chi connectivity index (χ1v) is 7.13. The lowest BCUT2D eigenvalue weighted by molar-refractivity contribution is -0.385. The zero-order valence-electron chi connectivity index (χ0n) is 12.0. The van der Waals surface area contributed by atoms with Crippen molar-refractivity contribution in [1.82, 2.24) is 0 Å². The van der Waals surface area contributed by atoms with E-state index in [2.05, 4.69) is 15.9 Å². The summed E-state index contributed by atoms with van der Waals surface area (Å²) < 4.78 is 16.7. The number of methoxy groups -OCH3 is 2. The smallest absolute Gasteiger partial charge is 0.310 e. The van der Waals surface area contributed by atoms with Gasteiger partial charge >= 0.3 is 5.69 Å². The third kappa shape index (κ3) is 3.30. The van der Waals surface area contributed by atoms with Crippen molar-refractivity contribution in [2.45, 2.75) is 6.61 Å². The highest BCUT2D eigenvalue weighted by Crippen LogP contribution is 2.38. The predicted octanol–water partition coefficient (Wildman–Crippen LogP) is 3.95. The van der Waals surface area contributed by atoms with E-state index in [1.54, 1.807) is 37.4 Å². The maximum atomic E-state index is 11.0. The predicted molar refractivity (Wildman–Crippen MR) is 84.7 cm³/mol. The molecule has 0 spiro atoms. The van der Waals surface area contributed by atoms with Crippen molar-refractivity contribution in [3.05, 3.63) is 56.5 Å². The van der Waals surface area contributed by atoms with Crippen LogP contribution in [0.5, 0.6) is 17.2 Å². The average molecular weight is 368 g/mol. The molecule has 116 valence electrons. The summed E-state index contributed by atoms with van der Waals surface area (Å²) in [6, 6.07) is 9.80. The van der Waals surface area contributed by atoms with E-state index in [9.17, 15) is 10.1 Å². The second-order valence-electron chi connectivity index (χ2n) is 4.29. The summed E-state index contributed by atoms with van der Waals surface area (Å²) in [5.41, 5.74) is 0.718. The van der Waals surface area contributed by atoms with Gasteiger partial charge in [-0.2, -0.15) is 0 Å². The van der Waals surface area contributed by atoms with Gasteiger partial charge in [-0.15, -0.1) is 0 Å². The van der Waals surface area contributed by atoms with Crippen molar-refractivity contribution in [2.75, 3.05) is 14.2 Å². The van der Waals surface area contributed by atoms with E-state index in [4.69, 9.17) is 14.2 Å². The molecule has 0 N–H and O–H groups in total. The molecule has 0 atom stereocenters. The number of hydrogen-bond donors (Lipinski definition) is 0. The molecular formula is C15H14BrNO5. The van der Waals surface area contributed by atoms with Crippen LogP contribution in [0.4, 0.5) is 5.69 Å². The minimum atomic E-state index is -0.473. The van der Waals surface area contributed by atoms with E-state index in [-0.39, 0.29) is 18.0 Å². The van der Waals surface area contributed by atoms with Gasteiger partial charge in [0.25, 0.3) is 0 Å². The lowest BCUT2D eigenvalue weighted by Gasteiger charge is -2.13.